The molecule has 1 N–H and O–H groups in total. The molecule has 2 aromatic rings. The first-order valence-electron chi connectivity index (χ1n) is 8.54. The van der Waals surface area contributed by atoms with Crippen LogP contribution in [0, 0.1) is 6.92 Å². The van der Waals surface area contributed by atoms with Crippen LogP contribution in [0.15, 0.2) is 48.5 Å². The lowest BCUT2D eigenvalue weighted by molar-refractivity contribution is 0.142. The Labute approximate surface area is 149 Å². The van der Waals surface area contributed by atoms with Gasteiger partial charge in [0.1, 0.15) is 30.8 Å². The fourth-order valence-corrected chi connectivity index (χ4v) is 2.65. The molecule has 3 rings (SSSR count). The quantitative estimate of drug-likeness (QED) is 0.748. The molecule has 4 heteroatoms. The van der Waals surface area contributed by atoms with Gasteiger partial charge in [-0.15, -0.1) is 0 Å². The van der Waals surface area contributed by atoms with E-state index in [1.807, 2.05) is 24.3 Å². The monoisotopic (exact) mass is 341 g/mol. The molecule has 0 bridgehead atoms. The van der Waals surface area contributed by atoms with E-state index in [0.717, 1.165) is 18.1 Å². The van der Waals surface area contributed by atoms with Crippen molar-refractivity contribution < 1.29 is 19.3 Å². The van der Waals surface area contributed by atoms with E-state index in [1.165, 1.54) is 11.1 Å². The molecular formula is C21H25O4. The van der Waals surface area contributed by atoms with Crippen LogP contribution in [0.2, 0.25) is 0 Å². The Kier molecular flexibility index (Phi) is 5.30. The maximum Gasteiger partial charge on any atom is 0.119 e. The van der Waals surface area contributed by atoms with Gasteiger partial charge in [0, 0.05) is 5.41 Å². The first-order chi connectivity index (χ1) is 11.9. The van der Waals surface area contributed by atoms with Gasteiger partial charge in [-0.1, -0.05) is 38.1 Å². The fourth-order valence-electron chi connectivity index (χ4n) is 2.65. The van der Waals surface area contributed by atoms with Gasteiger partial charge >= 0.3 is 0 Å². The van der Waals surface area contributed by atoms with Crippen LogP contribution in [-0.2, 0) is 10.2 Å². The zero-order chi connectivity index (χ0) is 17.9. The maximum atomic E-state index is 9.19. The summed E-state index contributed by atoms with van der Waals surface area (Å²) in [4.78, 5) is 0. The van der Waals surface area contributed by atoms with Crippen LogP contribution in [-0.4, -0.2) is 37.1 Å². The van der Waals surface area contributed by atoms with Crippen LogP contribution in [0.4, 0.5) is 0 Å². The van der Waals surface area contributed by atoms with Gasteiger partial charge in [0.15, 0.2) is 0 Å². The molecule has 0 amide bonds. The van der Waals surface area contributed by atoms with Gasteiger partial charge < -0.3 is 19.3 Å². The summed E-state index contributed by atoms with van der Waals surface area (Å²) in [6, 6.07) is 16.2. The second-order valence-electron chi connectivity index (χ2n) is 6.90. The number of hydrogen-bond acceptors (Lipinski definition) is 4. The van der Waals surface area contributed by atoms with Crippen molar-refractivity contribution >= 4 is 0 Å². The zero-order valence-corrected chi connectivity index (χ0v) is 14.8. The van der Waals surface area contributed by atoms with Gasteiger partial charge in [-0.3, -0.25) is 0 Å². The summed E-state index contributed by atoms with van der Waals surface area (Å²) in [6.07, 6.45) is -0.454. The minimum atomic E-state index is -0.719. The van der Waals surface area contributed by atoms with Gasteiger partial charge in [0.05, 0.1) is 12.7 Å². The zero-order valence-electron chi connectivity index (χ0n) is 14.8. The molecule has 4 nitrogen and oxygen atoms in total. The fraction of sp³-hybridized carbons (Fsp3) is 0.381. The number of ether oxygens (including phenoxy) is 3. The SMILES string of the molecule is [CH2]C(O)COc1ccc(C(C)(C)c2ccc(OCC3CO3)cc2)cc1. The summed E-state index contributed by atoms with van der Waals surface area (Å²) in [7, 11) is 0. The van der Waals surface area contributed by atoms with E-state index in [-0.39, 0.29) is 18.1 Å². The Morgan fingerprint density at radius 2 is 1.52 bits per heavy atom. The standard InChI is InChI=1S/C21H25O4/c1-15(22)12-23-18-8-4-16(5-9-18)21(2,3)17-6-10-19(11-7-17)24-13-20-14-25-20/h4-11,15,20,22H,1,12-14H2,2-3H3. The smallest absolute Gasteiger partial charge is 0.119 e. The van der Waals surface area contributed by atoms with Gasteiger partial charge in [-0.2, -0.15) is 0 Å². The van der Waals surface area contributed by atoms with Gasteiger partial charge in [0.2, 0.25) is 0 Å². The summed E-state index contributed by atoms with van der Waals surface area (Å²) in [5.74, 6) is 1.60. The predicted molar refractivity (Wildman–Crippen MR) is 97.1 cm³/mol. The topological polar surface area (TPSA) is 51.2 Å². The third-order valence-corrected chi connectivity index (χ3v) is 4.43. The van der Waals surface area contributed by atoms with Crippen molar-refractivity contribution in [3.8, 4) is 11.5 Å². The minimum absolute atomic E-state index is 0.136. The van der Waals surface area contributed by atoms with Crippen molar-refractivity contribution in [3.63, 3.8) is 0 Å². The lowest BCUT2D eigenvalue weighted by atomic mass is 9.78. The Morgan fingerprint density at radius 1 is 1.04 bits per heavy atom. The average Bonchev–Trinajstić information content (AvgIpc) is 3.43. The van der Waals surface area contributed by atoms with Crippen LogP contribution in [0.25, 0.3) is 0 Å². The summed E-state index contributed by atoms with van der Waals surface area (Å²) in [5, 5.41) is 9.19. The van der Waals surface area contributed by atoms with Crippen molar-refractivity contribution in [2.75, 3.05) is 19.8 Å². The Morgan fingerprint density at radius 3 is 1.96 bits per heavy atom. The highest BCUT2D eigenvalue weighted by Crippen LogP contribution is 2.33. The van der Waals surface area contributed by atoms with Gasteiger partial charge in [-0.25, -0.2) is 0 Å². The Balaban J connectivity index is 1.66. The lowest BCUT2D eigenvalue weighted by Gasteiger charge is -2.26. The number of benzene rings is 2. The number of aliphatic hydroxyl groups is 1. The van der Waals surface area contributed by atoms with Crippen molar-refractivity contribution in [2.45, 2.75) is 31.5 Å². The van der Waals surface area contributed by atoms with E-state index in [9.17, 15) is 5.11 Å². The molecule has 2 aromatic carbocycles. The molecule has 0 aromatic heterocycles. The molecule has 0 saturated carbocycles. The van der Waals surface area contributed by atoms with E-state index in [1.54, 1.807) is 0 Å². The molecule has 1 aliphatic rings. The first kappa shape index (κ1) is 17.8. The minimum Gasteiger partial charge on any atom is -0.491 e. The average molecular weight is 341 g/mol. The van der Waals surface area contributed by atoms with E-state index in [4.69, 9.17) is 14.2 Å². The summed E-state index contributed by atoms with van der Waals surface area (Å²) >= 11 is 0. The number of epoxide rings is 1. The van der Waals surface area contributed by atoms with Crippen molar-refractivity contribution in [3.05, 3.63) is 66.6 Å². The normalized spacial score (nSPS) is 17.8. The molecule has 25 heavy (non-hydrogen) atoms. The largest absolute Gasteiger partial charge is 0.491 e. The highest BCUT2D eigenvalue weighted by atomic mass is 16.6. The molecule has 1 heterocycles. The number of rotatable bonds is 8. The van der Waals surface area contributed by atoms with Crippen LogP contribution < -0.4 is 9.47 Å². The molecule has 1 aliphatic heterocycles. The second kappa shape index (κ2) is 7.46. The van der Waals surface area contributed by atoms with Gasteiger partial charge in [0.25, 0.3) is 0 Å². The van der Waals surface area contributed by atoms with Crippen LogP contribution in [0.3, 0.4) is 0 Å². The molecule has 133 valence electrons. The van der Waals surface area contributed by atoms with E-state index >= 15 is 0 Å². The summed E-state index contributed by atoms with van der Waals surface area (Å²) in [6.45, 7) is 9.49. The number of aliphatic hydroxyl groups excluding tert-OH is 1. The molecular weight excluding hydrogens is 316 g/mol. The Bertz CT molecular complexity index is 619. The molecule has 2 unspecified atom stereocenters. The number of hydrogen-bond donors (Lipinski definition) is 1. The molecule has 2 atom stereocenters. The summed E-state index contributed by atoms with van der Waals surface area (Å²) in [5.41, 5.74) is 2.27. The molecule has 0 aliphatic carbocycles. The highest BCUT2D eigenvalue weighted by Gasteiger charge is 2.24. The van der Waals surface area contributed by atoms with E-state index < -0.39 is 6.10 Å². The van der Waals surface area contributed by atoms with Crippen molar-refractivity contribution in [1.82, 2.24) is 0 Å². The third kappa shape index (κ3) is 4.74. The molecule has 1 fully saturated rings. The molecule has 1 radical (unpaired) electrons. The third-order valence-electron chi connectivity index (χ3n) is 4.43. The predicted octanol–water partition coefficient (Wildman–Crippen LogP) is 3.36. The first-order valence-corrected chi connectivity index (χ1v) is 8.54. The Hall–Kier alpha value is -2.04. The lowest BCUT2D eigenvalue weighted by Crippen LogP contribution is -2.19. The van der Waals surface area contributed by atoms with E-state index in [0.29, 0.717) is 6.61 Å². The molecule has 1 saturated heterocycles. The van der Waals surface area contributed by atoms with E-state index in [2.05, 4.69) is 45.0 Å². The van der Waals surface area contributed by atoms with Crippen LogP contribution >= 0.6 is 0 Å². The van der Waals surface area contributed by atoms with Gasteiger partial charge in [-0.05, 0) is 42.3 Å². The summed E-state index contributed by atoms with van der Waals surface area (Å²) < 4.78 is 16.3. The van der Waals surface area contributed by atoms with Crippen molar-refractivity contribution in [1.29, 1.82) is 0 Å². The van der Waals surface area contributed by atoms with Crippen LogP contribution in [0.1, 0.15) is 25.0 Å². The second-order valence-corrected chi connectivity index (χ2v) is 6.90. The maximum absolute atomic E-state index is 9.19. The highest BCUT2D eigenvalue weighted by molar-refractivity contribution is 5.41. The van der Waals surface area contributed by atoms with Crippen LogP contribution in [0.5, 0.6) is 11.5 Å². The van der Waals surface area contributed by atoms with Crippen molar-refractivity contribution in [2.24, 2.45) is 0 Å². The molecule has 0 spiro atoms.